The van der Waals surface area contributed by atoms with E-state index in [-0.39, 0.29) is 28.3 Å². The lowest BCUT2D eigenvalue weighted by molar-refractivity contribution is 0.0698. The fourth-order valence-electron chi connectivity index (χ4n) is 3.65. The first kappa shape index (κ1) is 21.9. The molecule has 32 heavy (non-hydrogen) atoms. The molecule has 0 aliphatic carbocycles. The van der Waals surface area contributed by atoms with E-state index in [4.69, 9.17) is 11.6 Å². The molecule has 0 saturated heterocycles. The SMILES string of the molecule is Cc1ccc(NC(=O)c2cccc(S(=O)(=O)N3CCc4cc(Cl)ccc43)c2)c(C(=O)O)c1. The minimum absolute atomic E-state index is 0.0321. The summed E-state index contributed by atoms with van der Waals surface area (Å²) >= 11 is 6.01. The van der Waals surface area contributed by atoms with Crippen LogP contribution in [0.25, 0.3) is 0 Å². The third-order valence-corrected chi connectivity index (χ3v) is 7.28. The summed E-state index contributed by atoms with van der Waals surface area (Å²) in [7, 11) is -3.90. The van der Waals surface area contributed by atoms with Crippen molar-refractivity contribution in [2.75, 3.05) is 16.2 Å². The highest BCUT2D eigenvalue weighted by molar-refractivity contribution is 7.92. The number of aromatic carboxylic acids is 1. The number of carboxylic acids is 1. The molecule has 3 aromatic carbocycles. The smallest absolute Gasteiger partial charge is 0.337 e. The Morgan fingerprint density at radius 2 is 1.84 bits per heavy atom. The zero-order chi connectivity index (χ0) is 23.0. The summed E-state index contributed by atoms with van der Waals surface area (Å²) < 4.78 is 27.9. The van der Waals surface area contributed by atoms with Gasteiger partial charge in [0.1, 0.15) is 0 Å². The summed E-state index contributed by atoms with van der Waals surface area (Å²) in [5.41, 5.74) is 2.32. The maximum Gasteiger partial charge on any atom is 0.337 e. The molecular weight excluding hydrogens is 452 g/mol. The summed E-state index contributed by atoms with van der Waals surface area (Å²) in [6.45, 7) is 2.02. The van der Waals surface area contributed by atoms with Gasteiger partial charge in [0, 0.05) is 17.1 Å². The summed E-state index contributed by atoms with van der Waals surface area (Å²) in [5.74, 6) is -1.78. The van der Waals surface area contributed by atoms with Crippen molar-refractivity contribution in [2.24, 2.45) is 0 Å². The summed E-state index contributed by atoms with van der Waals surface area (Å²) in [6, 6.07) is 15.4. The number of carboxylic acid groups (broad SMARTS) is 1. The van der Waals surface area contributed by atoms with Gasteiger partial charge in [-0.3, -0.25) is 9.10 Å². The number of carbonyl (C=O) groups is 2. The van der Waals surface area contributed by atoms with Gasteiger partial charge < -0.3 is 10.4 Å². The molecule has 1 aliphatic rings. The highest BCUT2D eigenvalue weighted by Gasteiger charge is 2.31. The Morgan fingerprint density at radius 3 is 2.59 bits per heavy atom. The quantitative estimate of drug-likeness (QED) is 0.577. The van der Waals surface area contributed by atoms with Gasteiger partial charge in [0.25, 0.3) is 15.9 Å². The van der Waals surface area contributed by atoms with Crippen molar-refractivity contribution in [3.8, 4) is 0 Å². The Balaban J connectivity index is 1.64. The first-order valence-electron chi connectivity index (χ1n) is 9.73. The molecule has 0 unspecified atom stereocenters. The van der Waals surface area contributed by atoms with Crippen molar-refractivity contribution < 1.29 is 23.1 Å². The molecule has 0 spiro atoms. The molecule has 1 aliphatic heterocycles. The van der Waals surface area contributed by atoms with Crippen LogP contribution in [-0.2, 0) is 16.4 Å². The molecule has 164 valence electrons. The van der Waals surface area contributed by atoms with E-state index in [1.54, 1.807) is 31.2 Å². The third kappa shape index (κ3) is 4.06. The zero-order valence-electron chi connectivity index (χ0n) is 17.0. The molecule has 7 nitrogen and oxygen atoms in total. The Kier molecular flexibility index (Phi) is 5.66. The molecular formula is C23H19ClN2O5S. The highest BCUT2D eigenvalue weighted by Crippen LogP contribution is 2.34. The van der Waals surface area contributed by atoms with E-state index in [9.17, 15) is 23.1 Å². The number of nitrogens with one attached hydrogen (secondary N) is 1. The van der Waals surface area contributed by atoms with Crippen LogP contribution in [0.2, 0.25) is 5.02 Å². The molecule has 0 aromatic heterocycles. The number of aryl methyl sites for hydroxylation is 1. The van der Waals surface area contributed by atoms with Crippen LogP contribution in [0.4, 0.5) is 11.4 Å². The average molecular weight is 471 g/mol. The standard InChI is InChI=1S/C23H19ClN2O5S/c1-14-5-7-20(19(11-14)23(28)29)25-22(27)16-3-2-4-18(13-16)32(30,31)26-10-9-15-12-17(24)6-8-21(15)26/h2-8,11-13H,9-10H2,1H3,(H,25,27)(H,28,29). The van der Waals surface area contributed by atoms with Crippen LogP contribution < -0.4 is 9.62 Å². The van der Waals surface area contributed by atoms with Crippen molar-refractivity contribution >= 4 is 44.9 Å². The van der Waals surface area contributed by atoms with Crippen molar-refractivity contribution in [3.63, 3.8) is 0 Å². The van der Waals surface area contributed by atoms with Gasteiger partial charge in [-0.15, -0.1) is 0 Å². The van der Waals surface area contributed by atoms with Gasteiger partial charge >= 0.3 is 5.97 Å². The van der Waals surface area contributed by atoms with E-state index in [1.165, 1.54) is 40.7 Å². The first-order chi connectivity index (χ1) is 15.2. The Hall–Kier alpha value is -3.36. The summed E-state index contributed by atoms with van der Waals surface area (Å²) in [5, 5.41) is 12.5. The van der Waals surface area contributed by atoms with Crippen LogP contribution >= 0.6 is 11.6 Å². The van der Waals surface area contributed by atoms with Gasteiger partial charge in [0.2, 0.25) is 0 Å². The van der Waals surface area contributed by atoms with Crippen LogP contribution in [0.5, 0.6) is 0 Å². The molecule has 1 amide bonds. The van der Waals surface area contributed by atoms with E-state index in [1.807, 2.05) is 0 Å². The highest BCUT2D eigenvalue weighted by atomic mass is 35.5. The summed E-state index contributed by atoms with van der Waals surface area (Å²) in [6.07, 6.45) is 0.542. The van der Waals surface area contributed by atoms with Crippen molar-refractivity contribution in [3.05, 3.63) is 87.9 Å². The van der Waals surface area contributed by atoms with Crippen molar-refractivity contribution in [1.29, 1.82) is 0 Å². The van der Waals surface area contributed by atoms with Crippen molar-refractivity contribution in [2.45, 2.75) is 18.2 Å². The number of sulfonamides is 1. The molecule has 3 aromatic rings. The Morgan fingerprint density at radius 1 is 1.06 bits per heavy atom. The Labute approximate surface area is 190 Å². The molecule has 2 N–H and O–H groups in total. The van der Waals surface area contributed by atoms with Crippen LogP contribution in [-0.4, -0.2) is 31.9 Å². The molecule has 0 saturated carbocycles. The fraction of sp³-hybridized carbons (Fsp3) is 0.130. The lowest BCUT2D eigenvalue weighted by Crippen LogP contribution is -2.29. The number of benzene rings is 3. The van der Waals surface area contributed by atoms with E-state index in [0.29, 0.717) is 17.1 Å². The summed E-state index contributed by atoms with van der Waals surface area (Å²) in [4.78, 5) is 24.3. The lowest BCUT2D eigenvalue weighted by Gasteiger charge is -2.20. The van der Waals surface area contributed by atoms with E-state index >= 15 is 0 Å². The number of rotatable bonds is 5. The molecule has 0 atom stereocenters. The van der Waals surface area contributed by atoms with Gasteiger partial charge in [-0.25, -0.2) is 13.2 Å². The van der Waals surface area contributed by atoms with E-state index < -0.39 is 21.9 Å². The van der Waals surface area contributed by atoms with E-state index in [0.717, 1.165) is 11.1 Å². The van der Waals surface area contributed by atoms with Crippen molar-refractivity contribution in [1.82, 2.24) is 0 Å². The maximum atomic E-state index is 13.3. The number of nitrogens with zero attached hydrogens (tertiary/aromatic N) is 1. The minimum atomic E-state index is -3.90. The largest absolute Gasteiger partial charge is 0.478 e. The van der Waals surface area contributed by atoms with Gasteiger partial charge in [-0.05, 0) is 67.4 Å². The number of hydrogen-bond acceptors (Lipinski definition) is 4. The number of anilines is 2. The van der Waals surface area contributed by atoms with Crippen LogP contribution in [0, 0.1) is 6.92 Å². The minimum Gasteiger partial charge on any atom is -0.478 e. The van der Waals surface area contributed by atoms with Gasteiger partial charge in [0.15, 0.2) is 0 Å². The number of fused-ring (bicyclic) bond motifs is 1. The fourth-order valence-corrected chi connectivity index (χ4v) is 5.40. The molecule has 0 radical (unpaired) electrons. The lowest BCUT2D eigenvalue weighted by atomic mass is 10.1. The topological polar surface area (TPSA) is 104 Å². The molecule has 0 bridgehead atoms. The second kappa shape index (κ2) is 8.29. The predicted octanol–water partition coefficient (Wildman–Crippen LogP) is 4.35. The molecule has 9 heteroatoms. The van der Waals surface area contributed by atoms with Gasteiger partial charge in [-0.1, -0.05) is 29.3 Å². The maximum absolute atomic E-state index is 13.3. The predicted molar refractivity (Wildman–Crippen MR) is 122 cm³/mol. The number of amides is 1. The Bertz CT molecular complexity index is 1350. The van der Waals surface area contributed by atoms with Gasteiger partial charge in [0.05, 0.1) is 21.8 Å². The average Bonchev–Trinajstić information content (AvgIpc) is 3.18. The number of halogens is 1. The number of hydrogen-bond donors (Lipinski definition) is 2. The van der Waals surface area contributed by atoms with Crippen LogP contribution in [0.3, 0.4) is 0 Å². The van der Waals surface area contributed by atoms with Crippen LogP contribution in [0.1, 0.15) is 31.8 Å². The molecule has 4 rings (SSSR count). The van der Waals surface area contributed by atoms with Gasteiger partial charge in [-0.2, -0.15) is 0 Å². The van der Waals surface area contributed by atoms with Crippen LogP contribution in [0.15, 0.2) is 65.6 Å². The second-order valence-electron chi connectivity index (χ2n) is 7.44. The monoisotopic (exact) mass is 470 g/mol. The third-order valence-electron chi connectivity index (χ3n) is 5.23. The molecule has 1 heterocycles. The normalized spacial score (nSPS) is 13.0. The first-order valence-corrected chi connectivity index (χ1v) is 11.5. The second-order valence-corrected chi connectivity index (χ2v) is 9.74. The number of carbonyl (C=O) groups excluding carboxylic acids is 1. The zero-order valence-corrected chi connectivity index (χ0v) is 18.6. The van der Waals surface area contributed by atoms with E-state index in [2.05, 4.69) is 5.32 Å². The molecule has 0 fully saturated rings.